The highest BCUT2D eigenvalue weighted by molar-refractivity contribution is 5.77. The van der Waals surface area contributed by atoms with Crippen LogP contribution in [0.25, 0.3) is 0 Å². The molecule has 7 heteroatoms. The van der Waals surface area contributed by atoms with Gasteiger partial charge < -0.3 is 23.8 Å². The van der Waals surface area contributed by atoms with Crippen LogP contribution < -0.4 is 9.47 Å². The molecule has 1 aromatic carbocycles. The minimum Gasteiger partial charge on any atom is -0.493 e. The Morgan fingerprint density at radius 1 is 1.15 bits per heavy atom. The van der Waals surface area contributed by atoms with Crippen LogP contribution in [0.4, 0.5) is 0 Å². The average molecular weight is 379 g/mol. The third kappa shape index (κ3) is 6.43. The zero-order chi connectivity index (χ0) is 19.6. The van der Waals surface area contributed by atoms with Gasteiger partial charge in [0.2, 0.25) is 5.91 Å². The summed E-state index contributed by atoms with van der Waals surface area (Å²) < 4.78 is 20.9. The van der Waals surface area contributed by atoms with Gasteiger partial charge >= 0.3 is 5.97 Å². The summed E-state index contributed by atoms with van der Waals surface area (Å²) in [7, 11) is 4.53. The van der Waals surface area contributed by atoms with Crippen LogP contribution in [0.2, 0.25) is 0 Å². The molecule has 0 aliphatic carbocycles. The second-order valence-electron chi connectivity index (χ2n) is 6.49. The van der Waals surface area contributed by atoms with Crippen molar-refractivity contribution >= 4 is 11.9 Å². The second-order valence-corrected chi connectivity index (χ2v) is 6.49. The molecule has 2 rings (SSSR count). The Morgan fingerprint density at radius 3 is 2.56 bits per heavy atom. The fourth-order valence-electron chi connectivity index (χ4n) is 3.13. The standard InChI is InChI=1S/C20H29NO6/c1-24-17-8-6-15(13-18(17)25-2)7-9-19(22)21(11-10-20(23)26-3)14-16-5-4-12-27-16/h6,8,13,16H,4-5,7,9-12,14H2,1-3H3. The van der Waals surface area contributed by atoms with Gasteiger partial charge in [0.1, 0.15) is 0 Å². The molecule has 0 spiro atoms. The molecule has 1 heterocycles. The molecule has 1 saturated heterocycles. The van der Waals surface area contributed by atoms with Crippen molar-refractivity contribution in [3.05, 3.63) is 23.8 Å². The summed E-state index contributed by atoms with van der Waals surface area (Å²) in [5.41, 5.74) is 0.992. The molecule has 0 N–H and O–H groups in total. The van der Waals surface area contributed by atoms with Crippen LogP contribution in [0.5, 0.6) is 11.5 Å². The molecule has 7 nitrogen and oxygen atoms in total. The molecule has 1 atom stereocenters. The number of aryl methyl sites for hydroxylation is 1. The van der Waals surface area contributed by atoms with Gasteiger partial charge in [0.15, 0.2) is 11.5 Å². The summed E-state index contributed by atoms with van der Waals surface area (Å²) >= 11 is 0. The minimum absolute atomic E-state index is 0.00388. The van der Waals surface area contributed by atoms with Gasteiger partial charge in [0.25, 0.3) is 0 Å². The van der Waals surface area contributed by atoms with Gasteiger partial charge in [-0.1, -0.05) is 6.07 Å². The number of benzene rings is 1. The number of hydrogen-bond donors (Lipinski definition) is 0. The van der Waals surface area contributed by atoms with Gasteiger partial charge in [-0.05, 0) is 37.0 Å². The summed E-state index contributed by atoms with van der Waals surface area (Å²) in [6.07, 6.45) is 3.12. The Kier molecular flexibility index (Phi) is 8.39. The lowest BCUT2D eigenvalue weighted by Gasteiger charge is -2.25. The smallest absolute Gasteiger partial charge is 0.307 e. The summed E-state index contributed by atoms with van der Waals surface area (Å²) in [6, 6.07) is 5.64. The van der Waals surface area contributed by atoms with Gasteiger partial charge in [0.05, 0.1) is 33.9 Å². The first-order valence-corrected chi connectivity index (χ1v) is 9.24. The highest BCUT2D eigenvalue weighted by Crippen LogP contribution is 2.28. The number of carbonyl (C=O) groups excluding carboxylic acids is 2. The zero-order valence-corrected chi connectivity index (χ0v) is 16.4. The van der Waals surface area contributed by atoms with Crippen molar-refractivity contribution in [2.75, 3.05) is 41.0 Å². The molecule has 0 aromatic heterocycles. The number of ether oxygens (including phenoxy) is 4. The number of amides is 1. The number of hydrogen-bond acceptors (Lipinski definition) is 6. The van der Waals surface area contributed by atoms with Crippen molar-refractivity contribution in [3.8, 4) is 11.5 Å². The monoisotopic (exact) mass is 379 g/mol. The Hall–Kier alpha value is -2.28. The van der Waals surface area contributed by atoms with Crippen molar-refractivity contribution in [2.24, 2.45) is 0 Å². The first-order chi connectivity index (χ1) is 13.1. The van der Waals surface area contributed by atoms with E-state index < -0.39 is 0 Å². The highest BCUT2D eigenvalue weighted by atomic mass is 16.5. The number of rotatable bonds is 10. The van der Waals surface area contributed by atoms with E-state index in [-0.39, 0.29) is 24.4 Å². The van der Waals surface area contributed by atoms with Crippen LogP contribution in [0.3, 0.4) is 0 Å². The second kappa shape index (κ2) is 10.8. The molecule has 0 saturated carbocycles. The van der Waals surface area contributed by atoms with E-state index in [0.29, 0.717) is 37.4 Å². The van der Waals surface area contributed by atoms with E-state index in [0.717, 1.165) is 25.0 Å². The first kappa shape index (κ1) is 21.0. The molecule has 150 valence electrons. The normalized spacial score (nSPS) is 16.0. The average Bonchev–Trinajstić information content (AvgIpc) is 3.21. The van der Waals surface area contributed by atoms with Crippen LogP contribution in [0.1, 0.15) is 31.2 Å². The molecule has 27 heavy (non-hydrogen) atoms. The first-order valence-electron chi connectivity index (χ1n) is 9.24. The van der Waals surface area contributed by atoms with Crippen LogP contribution in [0, 0.1) is 0 Å². The van der Waals surface area contributed by atoms with Gasteiger partial charge in [-0.25, -0.2) is 0 Å². The van der Waals surface area contributed by atoms with Crippen LogP contribution in [-0.2, 0) is 25.5 Å². The fraction of sp³-hybridized carbons (Fsp3) is 0.600. The molecule has 0 radical (unpaired) electrons. The van der Waals surface area contributed by atoms with E-state index in [2.05, 4.69) is 0 Å². The quantitative estimate of drug-likeness (QED) is 0.580. The third-order valence-electron chi connectivity index (χ3n) is 4.69. The number of esters is 1. The maximum absolute atomic E-state index is 12.7. The predicted molar refractivity (Wildman–Crippen MR) is 100 cm³/mol. The maximum Gasteiger partial charge on any atom is 0.307 e. The van der Waals surface area contributed by atoms with Crippen LogP contribution in [-0.4, -0.2) is 63.9 Å². The van der Waals surface area contributed by atoms with E-state index in [9.17, 15) is 9.59 Å². The number of nitrogens with zero attached hydrogens (tertiary/aromatic N) is 1. The Labute approximate surface area is 160 Å². The molecule has 1 fully saturated rings. The molecule has 0 bridgehead atoms. The lowest BCUT2D eigenvalue weighted by atomic mass is 10.1. The molecule has 1 unspecified atom stereocenters. The predicted octanol–water partition coefficient (Wildman–Crippen LogP) is 2.21. The van der Waals surface area contributed by atoms with Crippen LogP contribution in [0.15, 0.2) is 18.2 Å². The molecule has 1 aliphatic heterocycles. The van der Waals surface area contributed by atoms with Gasteiger partial charge in [-0.3, -0.25) is 9.59 Å². The highest BCUT2D eigenvalue weighted by Gasteiger charge is 2.23. The van der Waals surface area contributed by atoms with Crippen molar-refractivity contribution in [1.29, 1.82) is 0 Å². The van der Waals surface area contributed by atoms with Gasteiger partial charge in [-0.2, -0.15) is 0 Å². The summed E-state index contributed by atoms with van der Waals surface area (Å²) in [6.45, 7) is 1.59. The molecule has 1 aromatic rings. The van der Waals surface area contributed by atoms with E-state index >= 15 is 0 Å². The lowest BCUT2D eigenvalue weighted by molar-refractivity contribution is -0.142. The van der Waals surface area contributed by atoms with Gasteiger partial charge in [0, 0.05) is 26.1 Å². The van der Waals surface area contributed by atoms with Crippen molar-refractivity contribution < 1.29 is 28.5 Å². The largest absolute Gasteiger partial charge is 0.493 e. The Morgan fingerprint density at radius 2 is 1.93 bits per heavy atom. The Bertz CT molecular complexity index is 627. The topological polar surface area (TPSA) is 74.3 Å². The van der Waals surface area contributed by atoms with E-state index in [1.165, 1.54) is 7.11 Å². The number of carbonyl (C=O) groups is 2. The summed E-state index contributed by atoms with van der Waals surface area (Å²) in [5.74, 6) is 0.985. The van der Waals surface area contributed by atoms with E-state index in [4.69, 9.17) is 18.9 Å². The molecule has 1 aliphatic rings. The maximum atomic E-state index is 12.7. The van der Waals surface area contributed by atoms with Crippen molar-refractivity contribution in [2.45, 2.75) is 38.2 Å². The van der Waals surface area contributed by atoms with E-state index in [1.54, 1.807) is 19.1 Å². The van der Waals surface area contributed by atoms with Crippen LogP contribution >= 0.6 is 0 Å². The lowest BCUT2D eigenvalue weighted by Crippen LogP contribution is -2.39. The molecule has 1 amide bonds. The molecular weight excluding hydrogens is 350 g/mol. The zero-order valence-electron chi connectivity index (χ0n) is 16.4. The van der Waals surface area contributed by atoms with E-state index in [1.807, 2.05) is 18.2 Å². The third-order valence-corrected chi connectivity index (χ3v) is 4.69. The van der Waals surface area contributed by atoms with Crippen molar-refractivity contribution in [3.63, 3.8) is 0 Å². The Balaban J connectivity index is 1.95. The fourth-order valence-corrected chi connectivity index (χ4v) is 3.13. The minimum atomic E-state index is -0.319. The van der Waals surface area contributed by atoms with Gasteiger partial charge in [-0.15, -0.1) is 0 Å². The SMILES string of the molecule is COC(=O)CCN(CC1CCCO1)C(=O)CCc1ccc(OC)c(OC)c1. The van der Waals surface area contributed by atoms with Crippen molar-refractivity contribution in [1.82, 2.24) is 4.90 Å². The number of methoxy groups -OCH3 is 3. The summed E-state index contributed by atoms with van der Waals surface area (Å²) in [5, 5.41) is 0. The summed E-state index contributed by atoms with van der Waals surface area (Å²) in [4.78, 5) is 25.9. The molecular formula is C20H29NO6.